The molecule has 0 aromatic heterocycles. The van der Waals surface area contributed by atoms with Crippen LogP contribution >= 0.6 is 0 Å². The maximum atomic E-state index is 12.8. The summed E-state index contributed by atoms with van der Waals surface area (Å²) < 4.78 is 35.3. The van der Waals surface area contributed by atoms with Gasteiger partial charge in [-0.1, -0.05) is 24.3 Å². The Morgan fingerprint density at radius 1 is 1.16 bits per heavy atom. The Labute approximate surface area is 188 Å². The highest BCUT2D eigenvalue weighted by Crippen LogP contribution is 2.26. The van der Waals surface area contributed by atoms with Crippen molar-refractivity contribution in [3.8, 4) is 11.5 Å². The minimum Gasteiger partial charge on any atom is -0.497 e. The molecule has 1 aliphatic heterocycles. The first-order valence-electron chi connectivity index (χ1n) is 10.8. The van der Waals surface area contributed by atoms with Crippen LogP contribution in [-0.4, -0.2) is 50.8 Å². The van der Waals surface area contributed by atoms with Crippen molar-refractivity contribution in [2.24, 2.45) is 4.99 Å². The molecule has 1 saturated heterocycles. The van der Waals surface area contributed by atoms with E-state index in [0.717, 1.165) is 32.5 Å². The predicted octanol–water partition coefficient (Wildman–Crippen LogP) is 3.93. The number of benzene rings is 2. The molecule has 8 heteroatoms. The maximum absolute atomic E-state index is 12.8. The van der Waals surface area contributed by atoms with Crippen LogP contribution in [0.3, 0.4) is 0 Å². The summed E-state index contributed by atoms with van der Waals surface area (Å²) in [4.78, 5) is 6.76. The number of hydrogen-bond donors (Lipinski definition) is 2. The maximum Gasteiger partial charge on any atom is 0.387 e. The second-order valence-corrected chi connectivity index (χ2v) is 7.90. The fourth-order valence-electron chi connectivity index (χ4n) is 3.84. The van der Waals surface area contributed by atoms with E-state index in [4.69, 9.17) is 4.74 Å². The van der Waals surface area contributed by atoms with Crippen LogP contribution in [0.25, 0.3) is 0 Å². The molecule has 0 spiro atoms. The standard InChI is InChI=1S/C24H32F2N4O2/c1-17-6-4-5-7-19(17)16-30-12-10-20(11-13-30)29-24(27-2)28-15-18-8-9-21(31-3)14-22(18)32-23(25)26/h4-9,14,20,23H,10-13,15-16H2,1-3H3,(H2,27,28,29). The van der Waals surface area contributed by atoms with Gasteiger partial charge in [0, 0.05) is 50.9 Å². The van der Waals surface area contributed by atoms with Gasteiger partial charge in [0.2, 0.25) is 0 Å². The van der Waals surface area contributed by atoms with E-state index in [-0.39, 0.29) is 5.75 Å². The SMILES string of the molecule is CN=C(NCc1ccc(OC)cc1OC(F)F)NC1CCN(Cc2ccccc2C)CC1. The molecule has 2 aromatic carbocycles. The van der Waals surface area contributed by atoms with Crippen LogP contribution in [0.5, 0.6) is 11.5 Å². The highest BCUT2D eigenvalue weighted by Gasteiger charge is 2.20. The third-order valence-electron chi connectivity index (χ3n) is 5.74. The average molecular weight is 447 g/mol. The number of likely N-dealkylation sites (tertiary alicyclic amines) is 1. The Morgan fingerprint density at radius 3 is 2.56 bits per heavy atom. The largest absolute Gasteiger partial charge is 0.497 e. The van der Waals surface area contributed by atoms with E-state index in [1.807, 2.05) is 0 Å². The molecule has 6 nitrogen and oxygen atoms in total. The van der Waals surface area contributed by atoms with Crippen molar-refractivity contribution in [1.29, 1.82) is 0 Å². The molecular formula is C24H32F2N4O2. The van der Waals surface area contributed by atoms with Crippen LogP contribution in [0.4, 0.5) is 8.78 Å². The third kappa shape index (κ3) is 6.82. The second kappa shape index (κ2) is 11.7. The summed E-state index contributed by atoms with van der Waals surface area (Å²) >= 11 is 0. The third-order valence-corrected chi connectivity index (χ3v) is 5.74. The normalized spacial score (nSPS) is 15.6. The van der Waals surface area contributed by atoms with Crippen molar-refractivity contribution in [3.63, 3.8) is 0 Å². The first kappa shape index (κ1) is 23.8. The van der Waals surface area contributed by atoms with Gasteiger partial charge >= 0.3 is 6.61 Å². The minimum atomic E-state index is -2.90. The van der Waals surface area contributed by atoms with Gasteiger partial charge in [-0.2, -0.15) is 8.78 Å². The number of methoxy groups -OCH3 is 1. The molecule has 1 heterocycles. The van der Waals surface area contributed by atoms with Crippen LogP contribution < -0.4 is 20.1 Å². The van der Waals surface area contributed by atoms with Gasteiger partial charge in [-0.15, -0.1) is 0 Å². The Kier molecular flexibility index (Phi) is 8.67. The smallest absolute Gasteiger partial charge is 0.387 e. The minimum absolute atomic E-state index is 0.0896. The number of piperidine rings is 1. The van der Waals surface area contributed by atoms with Crippen molar-refractivity contribution in [2.45, 2.75) is 45.5 Å². The number of nitrogens with zero attached hydrogens (tertiary/aromatic N) is 2. The Balaban J connectivity index is 1.50. The molecular weight excluding hydrogens is 414 g/mol. The molecule has 0 bridgehead atoms. The molecule has 0 aliphatic carbocycles. The van der Waals surface area contributed by atoms with E-state index in [1.165, 1.54) is 24.3 Å². The molecule has 2 aromatic rings. The predicted molar refractivity (Wildman–Crippen MR) is 122 cm³/mol. The first-order valence-corrected chi connectivity index (χ1v) is 10.8. The van der Waals surface area contributed by atoms with Gasteiger partial charge < -0.3 is 20.1 Å². The lowest BCUT2D eigenvalue weighted by Crippen LogP contribution is -2.48. The van der Waals surface area contributed by atoms with Gasteiger partial charge in [-0.25, -0.2) is 0 Å². The summed E-state index contributed by atoms with van der Waals surface area (Å²) in [5.74, 6) is 1.19. The first-order chi connectivity index (χ1) is 15.5. The summed E-state index contributed by atoms with van der Waals surface area (Å²) in [5.41, 5.74) is 3.30. The van der Waals surface area contributed by atoms with Gasteiger partial charge in [0.1, 0.15) is 11.5 Å². The molecule has 3 rings (SSSR count). The van der Waals surface area contributed by atoms with Crippen molar-refractivity contribution < 1.29 is 18.3 Å². The van der Waals surface area contributed by atoms with Crippen molar-refractivity contribution in [2.75, 3.05) is 27.2 Å². The van der Waals surface area contributed by atoms with Crippen LogP contribution in [-0.2, 0) is 13.1 Å². The van der Waals surface area contributed by atoms with Crippen LogP contribution in [0.2, 0.25) is 0 Å². The molecule has 1 aliphatic rings. The number of aliphatic imine (C=N–C) groups is 1. The summed E-state index contributed by atoms with van der Waals surface area (Å²) in [6.07, 6.45) is 2.02. The lowest BCUT2D eigenvalue weighted by atomic mass is 10.0. The van der Waals surface area contributed by atoms with Crippen molar-refractivity contribution >= 4 is 5.96 Å². The average Bonchev–Trinajstić information content (AvgIpc) is 2.79. The van der Waals surface area contributed by atoms with Gasteiger partial charge in [0.25, 0.3) is 0 Å². The van der Waals surface area contributed by atoms with Crippen molar-refractivity contribution in [1.82, 2.24) is 15.5 Å². The topological polar surface area (TPSA) is 58.1 Å². The van der Waals surface area contributed by atoms with E-state index in [0.29, 0.717) is 29.9 Å². The molecule has 2 N–H and O–H groups in total. The summed E-state index contributed by atoms with van der Waals surface area (Å²) in [6.45, 7) is 2.54. The van der Waals surface area contributed by atoms with Crippen LogP contribution in [0, 0.1) is 6.92 Å². The van der Waals surface area contributed by atoms with Crippen LogP contribution in [0.15, 0.2) is 47.5 Å². The van der Waals surface area contributed by atoms with E-state index in [1.54, 1.807) is 19.2 Å². The quantitative estimate of drug-likeness (QED) is 0.475. The lowest BCUT2D eigenvalue weighted by Gasteiger charge is -2.33. The molecule has 0 atom stereocenters. The fraction of sp³-hybridized carbons (Fsp3) is 0.458. The Hall–Kier alpha value is -2.87. The number of nitrogens with one attached hydrogen (secondary N) is 2. The Bertz CT molecular complexity index is 899. The highest BCUT2D eigenvalue weighted by atomic mass is 19.3. The summed E-state index contributed by atoms with van der Waals surface area (Å²) in [5, 5.41) is 6.66. The zero-order valence-electron chi connectivity index (χ0n) is 18.9. The zero-order valence-corrected chi connectivity index (χ0v) is 18.9. The number of halogens is 2. The second-order valence-electron chi connectivity index (χ2n) is 7.90. The van der Waals surface area contributed by atoms with Gasteiger partial charge in [-0.3, -0.25) is 9.89 Å². The molecule has 0 unspecified atom stereocenters. The molecule has 0 amide bonds. The summed E-state index contributed by atoms with van der Waals surface area (Å²) in [7, 11) is 3.19. The zero-order chi connectivity index (χ0) is 22.9. The number of aryl methyl sites for hydroxylation is 1. The number of hydrogen-bond acceptors (Lipinski definition) is 4. The Morgan fingerprint density at radius 2 is 1.91 bits per heavy atom. The molecule has 0 saturated carbocycles. The number of alkyl halides is 2. The van der Waals surface area contributed by atoms with E-state index in [2.05, 4.69) is 56.5 Å². The van der Waals surface area contributed by atoms with Gasteiger partial charge in [-0.05, 0) is 43.0 Å². The van der Waals surface area contributed by atoms with E-state index in [9.17, 15) is 8.78 Å². The molecule has 174 valence electrons. The molecule has 0 radical (unpaired) electrons. The fourth-order valence-corrected chi connectivity index (χ4v) is 3.84. The van der Waals surface area contributed by atoms with Crippen LogP contribution in [0.1, 0.15) is 29.5 Å². The monoisotopic (exact) mass is 446 g/mol. The van der Waals surface area contributed by atoms with Gasteiger partial charge in [0.05, 0.1) is 7.11 Å². The molecule has 1 fully saturated rings. The molecule has 32 heavy (non-hydrogen) atoms. The van der Waals surface area contributed by atoms with Gasteiger partial charge in [0.15, 0.2) is 5.96 Å². The van der Waals surface area contributed by atoms with Crippen molar-refractivity contribution in [3.05, 3.63) is 59.2 Å². The lowest BCUT2D eigenvalue weighted by molar-refractivity contribution is -0.0505. The number of ether oxygens (including phenoxy) is 2. The number of guanidine groups is 1. The van der Waals surface area contributed by atoms with E-state index < -0.39 is 6.61 Å². The number of rotatable bonds is 8. The highest BCUT2D eigenvalue weighted by molar-refractivity contribution is 5.80. The summed E-state index contributed by atoms with van der Waals surface area (Å²) in [6, 6.07) is 13.7. The van der Waals surface area contributed by atoms with E-state index >= 15 is 0 Å².